The Hall–Kier alpha value is -0.800. The quantitative estimate of drug-likeness (QED) is 0.868. The lowest BCUT2D eigenvalue weighted by atomic mass is 9.99. The van der Waals surface area contributed by atoms with Crippen molar-refractivity contribution in [2.45, 2.75) is 45.2 Å². The summed E-state index contributed by atoms with van der Waals surface area (Å²) in [7, 11) is 0. The fourth-order valence-corrected chi connectivity index (χ4v) is 2.94. The van der Waals surface area contributed by atoms with Gasteiger partial charge in [-0.3, -0.25) is 4.90 Å². The SMILES string of the molecule is Cc1ccoc1CN(CC1CCCNC1)C1CC1. The molecule has 1 aliphatic carbocycles. The molecule has 0 radical (unpaired) electrons. The molecule has 1 unspecified atom stereocenters. The van der Waals surface area contributed by atoms with Gasteiger partial charge in [0.2, 0.25) is 0 Å². The van der Waals surface area contributed by atoms with Gasteiger partial charge in [0.15, 0.2) is 0 Å². The van der Waals surface area contributed by atoms with Gasteiger partial charge >= 0.3 is 0 Å². The van der Waals surface area contributed by atoms with Crippen molar-refractivity contribution in [2.24, 2.45) is 5.92 Å². The molecule has 1 saturated carbocycles. The second kappa shape index (κ2) is 5.45. The molecule has 3 nitrogen and oxygen atoms in total. The first-order valence-corrected chi connectivity index (χ1v) is 7.30. The Balaban J connectivity index is 1.59. The zero-order chi connectivity index (χ0) is 12.4. The number of aryl methyl sites for hydroxylation is 1. The molecule has 1 saturated heterocycles. The Labute approximate surface area is 110 Å². The molecule has 1 aliphatic heterocycles. The lowest BCUT2D eigenvalue weighted by molar-refractivity contribution is 0.180. The normalized spacial score (nSPS) is 24.7. The summed E-state index contributed by atoms with van der Waals surface area (Å²) in [6.45, 7) is 6.78. The number of hydrogen-bond donors (Lipinski definition) is 1. The Bertz CT molecular complexity index is 378. The van der Waals surface area contributed by atoms with Gasteiger partial charge in [0, 0.05) is 12.6 Å². The molecule has 1 N–H and O–H groups in total. The van der Waals surface area contributed by atoms with E-state index in [4.69, 9.17) is 4.42 Å². The summed E-state index contributed by atoms with van der Waals surface area (Å²) in [5.74, 6) is 1.99. The van der Waals surface area contributed by atoms with Crippen molar-refractivity contribution in [3.05, 3.63) is 23.7 Å². The van der Waals surface area contributed by atoms with Crippen LogP contribution in [0.25, 0.3) is 0 Å². The lowest BCUT2D eigenvalue weighted by Crippen LogP contribution is -2.39. The summed E-state index contributed by atoms with van der Waals surface area (Å²) in [6, 6.07) is 2.89. The maximum Gasteiger partial charge on any atom is 0.120 e. The van der Waals surface area contributed by atoms with Crippen LogP contribution < -0.4 is 5.32 Å². The predicted molar refractivity (Wildman–Crippen MR) is 72.5 cm³/mol. The smallest absolute Gasteiger partial charge is 0.120 e. The molecule has 1 aromatic rings. The van der Waals surface area contributed by atoms with Crippen molar-refractivity contribution in [2.75, 3.05) is 19.6 Å². The second-order valence-electron chi connectivity index (χ2n) is 5.90. The largest absolute Gasteiger partial charge is 0.468 e. The molecule has 3 heteroatoms. The van der Waals surface area contributed by atoms with Crippen LogP contribution in [-0.2, 0) is 6.54 Å². The minimum absolute atomic E-state index is 0.816. The van der Waals surface area contributed by atoms with Crippen LogP contribution >= 0.6 is 0 Å². The molecule has 2 heterocycles. The molecule has 0 bridgehead atoms. The van der Waals surface area contributed by atoms with E-state index in [1.807, 2.05) is 6.26 Å². The van der Waals surface area contributed by atoms with Crippen LogP contribution in [0.15, 0.2) is 16.7 Å². The maximum atomic E-state index is 5.60. The molecule has 3 rings (SSSR count). The Morgan fingerprint density at radius 1 is 1.39 bits per heavy atom. The Morgan fingerprint density at radius 2 is 2.28 bits per heavy atom. The fourth-order valence-electron chi connectivity index (χ4n) is 2.94. The van der Waals surface area contributed by atoms with Crippen molar-refractivity contribution < 1.29 is 4.42 Å². The molecule has 2 aliphatic rings. The summed E-state index contributed by atoms with van der Waals surface area (Å²) in [5.41, 5.74) is 1.29. The zero-order valence-corrected chi connectivity index (χ0v) is 11.3. The summed E-state index contributed by atoms with van der Waals surface area (Å²) >= 11 is 0. The molecule has 1 atom stereocenters. The minimum atomic E-state index is 0.816. The molecule has 0 spiro atoms. The molecular weight excluding hydrogens is 224 g/mol. The molecule has 18 heavy (non-hydrogen) atoms. The second-order valence-corrected chi connectivity index (χ2v) is 5.90. The van der Waals surface area contributed by atoms with Crippen LogP contribution in [0.2, 0.25) is 0 Å². The van der Waals surface area contributed by atoms with Gasteiger partial charge in [-0.05, 0) is 63.2 Å². The van der Waals surface area contributed by atoms with Crippen molar-refractivity contribution in [3.8, 4) is 0 Å². The van der Waals surface area contributed by atoms with Crippen LogP contribution in [0.3, 0.4) is 0 Å². The first kappa shape index (κ1) is 12.2. The summed E-state index contributed by atoms with van der Waals surface area (Å²) in [6.07, 6.45) is 7.29. The molecule has 0 aromatic carbocycles. The third-order valence-electron chi connectivity index (χ3n) is 4.27. The van der Waals surface area contributed by atoms with Gasteiger partial charge in [-0.25, -0.2) is 0 Å². The van der Waals surface area contributed by atoms with Crippen LogP contribution in [0.5, 0.6) is 0 Å². The van der Waals surface area contributed by atoms with Crippen molar-refractivity contribution in [1.29, 1.82) is 0 Å². The summed E-state index contributed by atoms with van der Waals surface area (Å²) in [4.78, 5) is 2.64. The number of nitrogens with one attached hydrogen (secondary N) is 1. The van der Waals surface area contributed by atoms with E-state index in [9.17, 15) is 0 Å². The summed E-state index contributed by atoms with van der Waals surface area (Å²) < 4.78 is 5.60. The van der Waals surface area contributed by atoms with E-state index in [0.29, 0.717) is 0 Å². The molecule has 100 valence electrons. The van der Waals surface area contributed by atoms with E-state index < -0.39 is 0 Å². The standard InChI is InChI=1S/C15H24N2O/c1-12-6-8-18-15(12)11-17(14-4-5-14)10-13-3-2-7-16-9-13/h6,8,13-14,16H,2-5,7,9-11H2,1H3. The van der Waals surface area contributed by atoms with Crippen molar-refractivity contribution in [1.82, 2.24) is 10.2 Å². The maximum absolute atomic E-state index is 5.60. The Kier molecular flexibility index (Phi) is 3.71. The first-order valence-electron chi connectivity index (χ1n) is 7.30. The lowest BCUT2D eigenvalue weighted by Gasteiger charge is -2.29. The number of nitrogens with zero attached hydrogens (tertiary/aromatic N) is 1. The van der Waals surface area contributed by atoms with Gasteiger partial charge in [0.25, 0.3) is 0 Å². The molecular formula is C15H24N2O. The number of hydrogen-bond acceptors (Lipinski definition) is 3. The highest BCUT2D eigenvalue weighted by molar-refractivity contribution is 5.14. The zero-order valence-electron chi connectivity index (χ0n) is 11.3. The van der Waals surface area contributed by atoms with Crippen molar-refractivity contribution in [3.63, 3.8) is 0 Å². The first-order chi connectivity index (χ1) is 8.83. The minimum Gasteiger partial charge on any atom is -0.468 e. The van der Waals surface area contributed by atoms with E-state index in [-0.39, 0.29) is 0 Å². The molecule has 0 amide bonds. The van der Waals surface area contributed by atoms with Crippen LogP contribution in [0, 0.1) is 12.8 Å². The van der Waals surface area contributed by atoms with Crippen LogP contribution in [-0.4, -0.2) is 30.6 Å². The van der Waals surface area contributed by atoms with Gasteiger partial charge in [-0.2, -0.15) is 0 Å². The molecule has 2 fully saturated rings. The number of furan rings is 1. The third-order valence-corrected chi connectivity index (χ3v) is 4.27. The van der Waals surface area contributed by atoms with E-state index in [2.05, 4.69) is 23.2 Å². The highest BCUT2D eigenvalue weighted by atomic mass is 16.3. The predicted octanol–water partition coefficient (Wildman–Crippen LogP) is 2.55. The van der Waals surface area contributed by atoms with Crippen LogP contribution in [0.4, 0.5) is 0 Å². The van der Waals surface area contributed by atoms with Crippen LogP contribution in [0.1, 0.15) is 37.0 Å². The average Bonchev–Trinajstić information content (AvgIpc) is 3.16. The fraction of sp³-hybridized carbons (Fsp3) is 0.733. The van der Waals surface area contributed by atoms with E-state index >= 15 is 0 Å². The molecule has 1 aromatic heterocycles. The van der Waals surface area contributed by atoms with E-state index in [0.717, 1.165) is 24.3 Å². The monoisotopic (exact) mass is 248 g/mol. The number of piperidine rings is 1. The highest BCUT2D eigenvalue weighted by Gasteiger charge is 2.31. The van der Waals surface area contributed by atoms with Gasteiger partial charge < -0.3 is 9.73 Å². The average molecular weight is 248 g/mol. The topological polar surface area (TPSA) is 28.4 Å². The van der Waals surface area contributed by atoms with Gasteiger partial charge in [0.1, 0.15) is 5.76 Å². The highest BCUT2D eigenvalue weighted by Crippen LogP contribution is 2.30. The summed E-state index contributed by atoms with van der Waals surface area (Å²) in [5, 5.41) is 3.52. The van der Waals surface area contributed by atoms with Crippen molar-refractivity contribution >= 4 is 0 Å². The van der Waals surface area contributed by atoms with Gasteiger partial charge in [0.05, 0.1) is 12.8 Å². The van der Waals surface area contributed by atoms with E-state index in [1.54, 1.807) is 0 Å². The van der Waals surface area contributed by atoms with E-state index in [1.165, 1.54) is 50.9 Å². The van der Waals surface area contributed by atoms with Gasteiger partial charge in [-0.1, -0.05) is 0 Å². The Morgan fingerprint density at radius 3 is 2.89 bits per heavy atom. The van der Waals surface area contributed by atoms with Gasteiger partial charge in [-0.15, -0.1) is 0 Å². The third kappa shape index (κ3) is 2.96. The number of rotatable bonds is 5.